The van der Waals surface area contributed by atoms with Gasteiger partial charge in [-0.05, 0) is 37.8 Å². The summed E-state index contributed by atoms with van der Waals surface area (Å²) in [4.78, 5) is 10.9. The van der Waals surface area contributed by atoms with E-state index < -0.39 is 11.6 Å². The van der Waals surface area contributed by atoms with E-state index in [0.29, 0.717) is 11.5 Å². The Hall–Kier alpha value is -1.55. The van der Waals surface area contributed by atoms with E-state index in [0.717, 1.165) is 12.8 Å². The average Bonchev–Trinajstić information content (AvgIpc) is 2.72. The molecule has 1 saturated heterocycles. The Bertz CT molecular complexity index is 495. The van der Waals surface area contributed by atoms with Crippen molar-refractivity contribution >= 4 is 5.97 Å². The lowest BCUT2D eigenvalue weighted by Crippen LogP contribution is -2.24. The number of carboxylic acid groups (broad SMARTS) is 1. The first-order chi connectivity index (χ1) is 8.83. The normalized spacial score (nSPS) is 26.8. The van der Waals surface area contributed by atoms with Gasteiger partial charge in [0.25, 0.3) is 0 Å². The fourth-order valence-corrected chi connectivity index (χ4v) is 2.65. The van der Waals surface area contributed by atoms with Crippen LogP contribution in [0.1, 0.15) is 49.5 Å². The molecule has 1 fully saturated rings. The molecule has 0 unspecified atom stereocenters. The van der Waals surface area contributed by atoms with Crippen LogP contribution >= 0.6 is 0 Å². The second kappa shape index (κ2) is 4.85. The standard InChI is InChI=1S/C15H20O4/c1-9(2)13-6-7-15(3,19-13)11-5-4-10(14(17)18)8-12(11)16/h4-5,8-9,13,16H,6-7H2,1-3H3,(H,17,18)/t13-,15-/m0/s1. The van der Waals surface area contributed by atoms with E-state index in [-0.39, 0.29) is 17.4 Å². The Morgan fingerprint density at radius 3 is 2.63 bits per heavy atom. The molecule has 19 heavy (non-hydrogen) atoms. The van der Waals surface area contributed by atoms with Gasteiger partial charge in [-0.2, -0.15) is 0 Å². The van der Waals surface area contributed by atoms with Crippen LogP contribution in [0.25, 0.3) is 0 Å². The van der Waals surface area contributed by atoms with E-state index >= 15 is 0 Å². The maximum Gasteiger partial charge on any atom is 0.335 e. The minimum Gasteiger partial charge on any atom is -0.508 e. The van der Waals surface area contributed by atoms with Gasteiger partial charge in [-0.3, -0.25) is 0 Å². The van der Waals surface area contributed by atoms with Crippen molar-refractivity contribution in [1.29, 1.82) is 0 Å². The zero-order valence-corrected chi connectivity index (χ0v) is 11.5. The minimum absolute atomic E-state index is 0.00759. The van der Waals surface area contributed by atoms with Crippen LogP contribution in [0.2, 0.25) is 0 Å². The van der Waals surface area contributed by atoms with Crippen LogP contribution in [0.4, 0.5) is 0 Å². The summed E-state index contributed by atoms with van der Waals surface area (Å²) in [6.45, 7) is 6.18. The zero-order chi connectivity index (χ0) is 14.2. The first-order valence-corrected chi connectivity index (χ1v) is 6.58. The topological polar surface area (TPSA) is 66.8 Å². The van der Waals surface area contributed by atoms with E-state index in [4.69, 9.17) is 9.84 Å². The fourth-order valence-electron chi connectivity index (χ4n) is 2.65. The van der Waals surface area contributed by atoms with E-state index in [1.54, 1.807) is 6.07 Å². The third-order valence-corrected chi connectivity index (χ3v) is 3.88. The lowest BCUT2D eigenvalue weighted by Gasteiger charge is -2.27. The predicted molar refractivity (Wildman–Crippen MR) is 71.4 cm³/mol. The number of phenolic OH excluding ortho intramolecular Hbond substituents is 1. The van der Waals surface area contributed by atoms with Crippen molar-refractivity contribution in [3.63, 3.8) is 0 Å². The summed E-state index contributed by atoms with van der Waals surface area (Å²) in [6, 6.07) is 4.45. The number of benzene rings is 1. The molecule has 1 aromatic carbocycles. The van der Waals surface area contributed by atoms with Crippen molar-refractivity contribution in [2.75, 3.05) is 0 Å². The highest BCUT2D eigenvalue weighted by Gasteiger charge is 2.40. The summed E-state index contributed by atoms with van der Waals surface area (Å²) in [5.74, 6) is -0.617. The lowest BCUT2D eigenvalue weighted by molar-refractivity contribution is -0.0510. The van der Waals surface area contributed by atoms with Crippen molar-refractivity contribution in [2.45, 2.75) is 45.3 Å². The van der Waals surface area contributed by atoms with Crippen molar-refractivity contribution in [3.05, 3.63) is 29.3 Å². The highest BCUT2D eigenvalue weighted by molar-refractivity contribution is 5.88. The summed E-state index contributed by atoms with van der Waals surface area (Å²) in [5.41, 5.74) is 0.222. The van der Waals surface area contributed by atoms with E-state index in [1.807, 2.05) is 6.92 Å². The number of aromatic carboxylic acids is 1. The number of carboxylic acids is 1. The van der Waals surface area contributed by atoms with Gasteiger partial charge in [0.2, 0.25) is 0 Å². The Morgan fingerprint density at radius 1 is 1.47 bits per heavy atom. The molecule has 0 aromatic heterocycles. The maximum absolute atomic E-state index is 10.9. The molecule has 0 saturated carbocycles. The molecule has 0 bridgehead atoms. The van der Waals surface area contributed by atoms with Crippen molar-refractivity contribution in [2.24, 2.45) is 5.92 Å². The zero-order valence-electron chi connectivity index (χ0n) is 11.5. The molecule has 1 heterocycles. The highest BCUT2D eigenvalue weighted by Crippen LogP contribution is 2.44. The van der Waals surface area contributed by atoms with E-state index in [2.05, 4.69) is 13.8 Å². The summed E-state index contributed by atoms with van der Waals surface area (Å²) in [7, 11) is 0. The van der Waals surface area contributed by atoms with Gasteiger partial charge < -0.3 is 14.9 Å². The van der Waals surface area contributed by atoms with Crippen LogP contribution in [0.5, 0.6) is 5.75 Å². The van der Waals surface area contributed by atoms with Crippen molar-refractivity contribution in [1.82, 2.24) is 0 Å². The Kier molecular flexibility index (Phi) is 3.54. The molecule has 2 atom stereocenters. The Morgan fingerprint density at radius 2 is 2.16 bits per heavy atom. The quantitative estimate of drug-likeness (QED) is 0.880. The molecule has 0 aliphatic carbocycles. The Labute approximate surface area is 113 Å². The molecule has 1 aliphatic heterocycles. The number of hydrogen-bond donors (Lipinski definition) is 2. The number of rotatable bonds is 3. The van der Waals surface area contributed by atoms with Crippen molar-refractivity contribution in [3.8, 4) is 5.75 Å². The highest BCUT2D eigenvalue weighted by atomic mass is 16.5. The average molecular weight is 264 g/mol. The van der Waals surface area contributed by atoms with Crippen LogP contribution in [-0.4, -0.2) is 22.3 Å². The third kappa shape index (κ3) is 2.59. The van der Waals surface area contributed by atoms with Gasteiger partial charge in [-0.15, -0.1) is 0 Å². The molecule has 1 aromatic rings. The molecule has 1 aliphatic rings. The van der Waals surface area contributed by atoms with Crippen LogP contribution in [-0.2, 0) is 10.3 Å². The van der Waals surface area contributed by atoms with Crippen molar-refractivity contribution < 1.29 is 19.7 Å². The second-order valence-electron chi connectivity index (χ2n) is 5.71. The molecule has 0 radical (unpaired) electrons. The first kappa shape index (κ1) is 13.9. The molecule has 104 valence electrons. The minimum atomic E-state index is -1.04. The first-order valence-electron chi connectivity index (χ1n) is 6.58. The molecule has 2 N–H and O–H groups in total. The second-order valence-corrected chi connectivity index (χ2v) is 5.71. The van der Waals surface area contributed by atoms with Crippen LogP contribution < -0.4 is 0 Å². The van der Waals surface area contributed by atoms with Gasteiger partial charge in [-0.1, -0.05) is 19.9 Å². The monoisotopic (exact) mass is 264 g/mol. The SMILES string of the molecule is CC(C)[C@@H]1CC[C@@](C)(c2ccc(C(=O)O)cc2O)O1. The number of phenols is 1. The van der Waals surface area contributed by atoms with Gasteiger partial charge in [0.1, 0.15) is 5.75 Å². The summed E-state index contributed by atoms with van der Waals surface area (Å²) >= 11 is 0. The molecule has 0 amide bonds. The summed E-state index contributed by atoms with van der Waals surface area (Å²) in [5, 5.41) is 18.9. The maximum atomic E-state index is 10.9. The van der Waals surface area contributed by atoms with E-state index in [1.165, 1.54) is 12.1 Å². The third-order valence-electron chi connectivity index (χ3n) is 3.88. The molecule has 4 heteroatoms. The molecule has 4 nitrogen and oxygen atoms in total. The van der Waals surface area contributed by atoms with Gasteiger partial charge >= 0.3 is 5.97 Å². The van der Waals surface area contributed by atoms with Crippen LogP contribution in [0.3, 0.4) is 0 Å². The largest absolute Gasteiger partial charge is 0.508 e. The Balaban J connectivity index is 2.30. The fraction of sp³-hybridized carbons (Fsp3) is 0.533. The van der Waals surface area contributed by atoms with Crippen LogP contribution in [0.15, 0.2) is 18.2 Å². The predicted octanol–water partition coefficient (Wildman–Crippen LogP) is 3.14. The smallest absolute Gasteiger partial charge is 0.335 e. The number of aromatic hydroxyl groups is 1. The number of carbonyl (C=O) groups is 1. The molecular formula is C15H20O4. The van der Waals surface area contributed by atoms with Gasteiger partial charge in [0, 0.05) is 5.56 Å². The molecule has 0 spiro atoms. The van der Waals surface area contributed by atoms with Gasteiger partial charge in [0.15, 0.2) is 0 Å². The number of hydrogen-bond acceptors (Lipinski definition) is 3. The summed E-state index contributed by atoms with van der Waals surface area (Å²) < 4.78 is 6.07. The van der Waals surface area contributed by atoms with Crippen LogP contribution in [0, 0.1) is 5.92 Å². The molecule has 2 rings (SSSR count). The van der Waals surface area contributed by atoms with E-state index in [9.17, 15) is 9.90 Å². The van der Waals surface area contributed by atoms with Gasteiger partial charge in [-0.25, -0.2) is 4.79 Å². The molecular weight excluding hydrogens is 244 g/mol. The van der Waals surface area contributed by atoms with Gasteiger partial charge in [0.05, 0.1) is 17.3 Å². The lowest BCUT2D eigenvalue weighted by atomic mass is 9.90. The number of ether oxygens (including phenoxy) is 1. The summed E-state index contributed by atoms with van der Waals surface area (Å²) in [6.07, 6.45) is 1.97.